The van der Waals surface area contributed by atoms with Gasteiger partial charge in [0.15, 0.2) is 17.4 Å². The number of nitrogen functional groups attached to an aromatic ring is 2. The minimum Gasteiger partial charge on any atom is -0.394 e. The molecular weight excluding hydrogens is 368 g/mol. The van der Waals surface area contributed by atoms with E-state index in [1.54, 1.807) is 0 Å². The van der Waals surface area contributed by atoms with Crippen LogP contribution in [0.25, 0.3) is 11.2 Å². The van der Waals surface area contributed by atoms with Gasteiger partial charge >= 0.3 is 5.69 Å². The number of aliphatic hydroxyl groups is 5. The lowest BCUT2D eigenvalue weighted by Gasteiger charge is -2.16. The van der Waals surface area contributed by atoms with Crippen molar-refractivity contribution >= 4 is 17.1 Å². The van der Waals surface area contributed by atoms with Gasteiger partial charge in [0.25, 0.3) is 5.56 Å². The van der Waals surface area contributed by atoms with E-state index in [0.717, 1.165) is 9.13 Å². The third-order valence-corrected chi connectivity index (χ3v) is 4.41. The second-order valence-corrected chi connectivity index (χ2v) is 6.15. The molecule has 0 bridgehead atoms. The van der Waals surface area contributed by atoms with Crippen LogP contribution in [-0.4, -0.2) is 82.0 Å². The fourth-order valence-corrected chi connectivity index (χ4v) is 3.01. The molecule has 3 rings (SSSR count). The van der Waals surface area contributed by atoms with Gasteiger partial charge in [0, 0.05) is 0 Å². The second-order valence-electron chi connectivity index (χ2n) is 6.15. The molecule has 27 heavy (non-hydrogen) atoms. The van der Waals surface area contributed by atoms with Crippen molar-refractivity contribution in [2.45, 2.75) is 37.2 Å². The predicted molar refractivity (Wildman–Crippen MR) is 88.9 cm³/mol. The molecule has 5 atom stereocenters. The second kappa shape index (κ2) is 6.91. The van der Waals surface area contributed by atoms with Crippen molar-refractivity contribution in [3.8, 4) is 0 Å². The van der Waals surface area contributed by atoms with Gasteiger partial charge in [-0.15, -0.1) is 0 Å². The Labute approximate surface area is 150 Å². The van der Waals surface area contributed by atoms with E-state index in [1.807, 2.05) is 0 Å². The monoisotopic (exact) mass is 388 g/mol. The summed E-state index contributed by atoms with van der Waals surface area (Å²) in [5, 5.41) is 48.1. The van der Waals surface area contributed by atoms with Gasteiger partial charge in [-0.25, -0.2) is 9.36 Å². The van der Waals surface area contributed by atoms with Crippen LogP contribution in [0.4, 0.5) is 5.95 Å². The van der Waals surface area contributed by atoms with Gasteiger partial charge in [-0.3, -0.25) is 9.36 Å². The summed E-state index contributed by atoms with van der Waals surface area (Å²) in [4.78, 5) is 29.3. The number of imidazole rings is 1. The Morgan fingerprint density at radius 1 is 1.22 bits per heavy atom. The molecule has 14 heteroatoms. The number of rotatable bonds is 5. The van der Waals surface area contributed by atoms with Crippen molar-refractivity contribution in [3.05, 3.63) is 20.8 Å². The molecule has 3 heterocycles. The molecule has 2 aromatic rings. The van der Waals surface area contributed by atoms with Crippen LogP contribution in [-0.2, 0) is 11.3 Å². The minimum atomic E-state index is -1.62. The summed E-state index contributed by atoms with van der Waals surface area (Å²) in [6, 6.07) is 0. The Balaban J connectivity index is 2.29. The first-order valence-corrected chi connectivity index (χ1v) is 7.92. The standard InChI is InChI=1S/C13H20N6O8/c14-12-16-9-6(10(25)19(12)15)17(1-4(22)2-20)13(26)18(9)11-8(24)7(23)5(3-21)27-11/h4-5,7-8,11,20-24H,1-3,15H2,(H2,14,16)/t4?,5-,7-,8-,11-/m1/s1. The highest BCUT2D eigenvalue weighted by Crippen LogP contribution is 2.30. The average molecular weight is 388 g/mol. The summed E-state index contributed by atoms with van der Waals surface area (Å²) in [6.07, 6.45) is -7.16. The molecule has 9 N–H and O–H groups in total. The molecule has 1 fully saturated rings. The van der Waals surface area contributed by atoms with Crippen LogP contribution >= 0.6 is 0 Å². The summed E-state index contributed by atoms with van der Waals surface area (Å²) in [5.74, 6) is 5.08. The summed E-state index contributed by atoms with van der Waals surface area (Å²) in [5.41, 5.74) is 3.09. The molecule has 1 unspecified atom stereocenters. The van der Waals surface area contributed by atoms with Crippen molar-refractivity contribution in [2.75, 3.05) is 24.8 Å². The number of aromatic nitrogens is 4. The lowest BCUT2D eigenvalue weighted by atomic mass is 10.1. The van der Waals surface area contributed by atoms with Crippen LogP contribution in [0.2, 0.25) is 0 Å². The van der Waals surface area contributed by atoms with Crippen molar-refractivity contribution in [1.82, 2.24) is 18.8 Å². The first-order chi connectivity index (χ1) is 12.7. The van der Waals surface area contributed by atoms with E-state index in [9.17, 15) is 30.0 Å². The molecule has 14 nitrogen and oxygen atoms in total. The predicted octanol–water partition coefficient (Wildman–Crippen LogP) is -5.38. The summed E-state index contributed by atoms with van der Waals surface area (Å²) in [7, 11) is 0. The Hall–Kier alpha value is -2.49. The fraction of sp³-hybridized carbons (Fsp3) is 0.615. The quantitative estimate of drug-likeness (QED) is 0.239. The van der Waals surface area contributed by atoms with Crippen molar-refractivity contribution in [2.24, 2.45) is 0 Å². The number of anilines is 1. The van der Waals surface area contributed by atoms with Crippen LogP contribution in [0, 0.1) is 0 Å². The Morgan fingerprint density at radius 3 is 2.44 bits per heavy atom. The van der Waals surface area contributed by atoms with Gasteiger partial charge < -0.3 is 41.8 Å². The molecule has 0 aromatic carbocycles. The average Bonchev–Trinajstić information content (AvgIpc) is 3.07. The zero-order valence-corrected chi connectivity index (χ0v) is 13.9. The maximum atomic E-state index is 12.9. The topological polar surface area (TPSA) is 224 Å². The summed E-state index contributed by atoms with van der Waals surface area (Å²) >= 11 is 0. The van der Waals surface area contributed by atoms with Crippen LogP contribution in [0.15, 0.2) is 9.59 Å². The molecule has 1 saturated heterocycles. The molecule has 0 spiro atoms. The van der Waals surface area contributed by atoms with E-state index in [1.165, 1.54) is 0 Å². The van der Waals surface area contributed by atoms with Gasteiger partial charge in [-0.2, -0.15) is 9.66 Å². The van der Waals surface area contributed by atoms with Gasteiger partial charge in [0.05, 0.1) is 25.9 Å². The normalized spacial score (nSPS) is 26.7. The Kier molecular flexibility index (Phi) is 4.94. The summed E-state index contributed by atoms with van der Waals surface area (Å²) < 4.78 is 7.41. The smallest absolute Gasteiger partial charge is 0.332 e. The van der Waals surface area contributed by atoms with Gasteiger partial charge in [0.1, 0.15) is 18.3 Å². The first-order valence-electron chi connectivity index (χ1n) is 7.92. The van der Waals surface area contributed by atoms with E-state index in [2.05, 4.69) is 4.98 Å². The third kappa shape index (κ3) is 2.88. The maximum Gasteiger partial charge on any atom is 0.332 e. The van der Waals surface area contributed by atoms with Crippen LogP contribution in [0.1, 0.15) is 6.23 Å². The zero-order valence-electron chi connectivity index (χ0n) is 13.9. The SMILES string of the molecule is Nc1nc2c(c(=O)n1N)n(CC(O)CO)c(=O)n2[C@@H]1O[C@H](CO)[C@@H](O)[C@H]1O. The maximum absolute atomic E-state index is 12.9. The van der Waals surface area contributed by atoms with Gasteiger partial charge in [-0.05, 0) is 0 Å². The number of nitrogens with zero attached hydrogens (tertiary/aromatic N) is 4. The number of ether oxygens (including phenoxy) is 1. The number of aliphatic hydroxyl groups excluding tert-OH is 5. The minimum absolute atomic E-state index is 0.302. The van der Waals surface area contributed by atoms with E-state index in [0.29, 0.717) is 4.68 Å². The Morgan fingerprint density at radius 2 is 1.89 bits per heavy atom. The van der Waals surface area contributed by atoms with Crippen molar-refractivity contribution in [1.29, 1.82) is 0 Å². The lowest BCUT2D eigenvalue weighted by Crippen LogP contribution is -2.37. The van der Waals surface area contributed by atoms with Crippen LogP contribution in [0.3, 0.4) is 0 Å². The lowest BCUT2D eigenvalue weighted by molar-refractivity contribution is -0.0529. The molecule has 2 aromatic heterocycles. The van der Waals surface area contributed by atoms with E-state index in [-0.39, 0.29) is 11.2 Å². The van der Waals surface area contributed by atoms with E-state index in [4.69, 9.17) is 21.4 Å². The molecule has 0 radical (unpaired) electrons. The number of hydrogen-bond acceptors (Lipinski definition) is 11. The largest absolute Gasteiger partial charge is 0.394 e. The highest BCUT2D eigenvalue weighted by Gasteiger charge is 2.45. The van der Waals surface area contributed by atoms with E-state index >= 15 is 0 Å². The highest BCUT2D eigenvalue weighted by atomic mass is 16.6. The molecule has 0 aliphatic carbocycles. The van der Waals surface area contributed by atoms with Crippen molar-refractivity contribution < 1.29 is 30.3 Å². The summed E-state index contributed by atoms with van der Waals surface area (Å²) in [6.45, 7) is -1.79. The molecule has 1 aliphatic heterocycles. The number of fused-ring (bicyclic) bond motifs is 1. The van der Waals surface area contributed by atoms with E-state index < -0.39 is 67.6 Å². The first kappa shape index (κ1) is 19.3. The third-order valence-electron chi connectivity index (χ3n) is 4.41. The molecule has 0 saturated carbocycles. The molecule has 150 valence electrons. The molecule has 0 amide bonds. The number of hydrogen-bond donors (Lipinski definition) is 7. The van der Waals surface area contributed by atoms with Crippen molar-refractivity contribution in [3.63, 3.8) is 0 Å². The highest BCUT2D eigenvalue weighted by molar-refractivity contribution is 5.72. The van der Waals surface area contributed by atoms with Gasteiger partial charge in [-0.1, -0.05) is 0 Å². The molecular formula is C13H20N6O8. The van der Waals surface area contributed by atoms with Crippen LogP contribution < -0.4 is 22.8 Å². The van der Waals surface area contributed by atoms with Gasteiger partial charge in [0.2, 0.25) is 5.95 Å². The fourth-order valence-electron chi connectivity index (χ4n) is 3.01. The zero-order chi connectivity index (χ0) is 20.0. The molecule has 1 aliphatic rings. The Bertz CT molecular complexity index is 966. The number of nitrogens with two attached hydrogens (primary N) is 2. The van der Waals surface area contributed by atoms with Crippen LogP contribution in [0.5, 0.6) is 0 Å².